The number of nitrogens with one attached hydrogen (secondary N) is 1. The minimum Gasteiger partial charge on any atom is -0.337 e. The van der Waals surface area contributed by atoms with Crippen LogP contribution in [0.3, 0.4) is 0 Å². The van der Waals surface area contributed by atoms with Gasteiger partial charge in [0.25, 0.3) is 5.91 Å². The molecule has 1 heterocycles. The van der Waals surface area contributed by atoms with Crippen molar-refractivity contribution in [2.45, 2.75) is 39.2 Å². The summed E-state index contributed by atoms with van der Waals surface area (Å²) in [4.78, 5) is 14.7. The Kier molecular flexibility index (Phi) is 5.18. The lowest BCUT2D eigenvalue weighted by atomic mass is 9.98. The van der Waals surface area contributed by atoms with Gasteiger partial charge in [-0.15, -0.1) is 0 Å². The second kappa shape index (κ2) is 6.89. The Balaban J connectivity index is 2.15. The maximum atomic E-state index is 12.7. The van der Waals surface area contributed by atoms with Crippen LogP contribution in [0.5, 0.6) is 0 Å². The standard InChI is InChI=1S/C17H26N2O/c1-4-13(2)16(18-3)12-19-11-7-9-14-8-5-6-10-15(14)17(19)20/h5-6,8,10,13,16,18H,4,7,9,11-12H2,1-3H3. The van der Waals surface area contributed by atoms with Gasteiger partial charge in [0.05, 0.1) is 0 Å². The van der Waals surface area contributed by atoms with E-state index in [4.69, 9.17) is 0 Å². The van der Waals surface area contributed by atoms with E-state index in [1.165, 1.54) is 5.56 Å². The van der Waals surface area contributed by atoms with Crippen molar-refractivity contribution >= 4 is 5.91 Å². The quantitative estimate of drug-likeness (QED) is 0.895. The zero-order chi connectivity index (χ0) is 14.5. The van der Waals surface area contributed by atoms with Gasteiger partial charge in [-0.3, -0.25) is 4.79 Å². The van der Waals surface area contributed by atoms with Crippen molar-refractivity contribution in [3.63, 3.8) is 0 Å². The number of benzene rings is 1. The van der Waals surface area contributed by atoms with E-state index in [2.05, 4.69) is 25.2 Å². The van der Waals surface area contributed by atoms with E-state index in [9.17, 15) is 4.79 Å². The highest BCUT2D eigenvalue weighted by Gasteiger charge is 2.25. The highest BCUT2D eigenvalue weighted by atomic mass is 16.2. The first-order chi connectivity index (χ1) is 9.67. The molecule has 1 aromatic carbocycles. The number of hydrogen-bond donors (Lipinski definition) is 1. The molecule has 1 aliphatic heterocycles. The first-order valence-electron chi connectivity index (χ1n) is 7.71. The summed E-state index contributed by atoms with van der Waals surface area (Å²) in [6, 6.07) is 8.41. The molecule has 0 aromatic heterocycles. The molecule has 3 nitrogen and oxygen atoms in total. The van der Waals surface area contributed by atoms with Gasteiger partial charge in [0.15, 0.2) is 0 Å². The second-order valence-electron chi connectivity index (χ2n) is 5.79. The summed E-state index contributed by atoms with van der Waals surface area (Å²) in [5.74, 6) is 0.771. The Bertz CT molecular complexity index is 458. The van der Waals surface area contributed by atoms with Crippen LogP contribution in [0.15, 0.2) is 24.3 Å². The summed E-state index contributed by atoms with van der Waals surface area (Å²) >= 11 is 0. The van der Waals surface area contributed by atoms with Crippen molar-refractivity contribution in [3.05, 3.63) is 35.4 Å². The summed E-state index contributed by atoms with van der Waals surface area (Å²) in [5, 5.41) is 3.37. The van der Waals surface area contributed by atoms with Gasteiger partial charge in [0, 0.05) is 24.7 Å². The fourth-order valence-electron chi connectivity index (χ4n) is 2.93. The normalized spacial score (nSPS) is 18.4. The van der Waals surface area contributed by atoms with Crippen LogP contribution < -0.4 is 5.32 Å². The van der Waals surface area contributed by atoms with Crippen LogP contribution in [0.2, 0.25) is 0 Å². The van der Waals surface area contributed by atoms with Gasteiger partial charge in [-0.2, -0.15) is 0 Å². The van der Waals surface area contributed by atoms with Crippen LogP contribution >= 0.6 is 0 Å². The van der Waals surface area contributed by atoms with Crippen molar-refractivity contribution in [1.82, 2.24) is 10.2 Å². The SMILES string of the molecule is CCC(C)C(CN1CCCc2ccccc2C1=O)NC. The molecule has 1 amide bonds. The molecule has 1 aliphatic rings. The van der Waals surface area contributed by atoms with Crippen molar-refractivity contribution < 1.29 is 4.79 Å². The third-order valence-electron chi connectivity index (χ3n) is 4.53. The van der Waals surface area contributed by atoms with Crippen LogP contribution in [0, 0.1) is 5.92 Å². The zero-order valence-corrected chi connectivity index (χ0v) is 12.9. The van der Waals surface area contributed by atoms with Crippen LogP contribution in [0.1, 0.15) is 42.6 Å². The third-order valence-corrected chi connectivity index (χ3v) is 4.53. The Morgan fingerprint density at radius 2 is 2.10 bits per heavy atom. The van der Waals surface area contributed by atoms with E-state index in [0.29, 0.717) is 12.0 Å². The Morgan fingerprint density at radius 3 is 2.80 bits per heavy atom. The van der Waals surface area contributed by atoms with Gasteiger partial charge in [-0.05, 0) is 37.4 Å². The predicted molar refractivity (Wildman–Crippen MR) is 83.0 cm³/mol. The Morgan fingerprint density at radius 1 is 1.35 bits per heavy atom. The minimum absolute atomic E-state index is 0.196. The van der Waals surface area contributed by atoms with E-state index in [1.54, 1.807) is 0 Å². The monoisotopic (exact) mass is 274 g/mol. The van der Waals surface area contributed by atoms with E-state index in [0.717, 1.165) is 37.9 Å². The number of carbonyl (C=O) groups is 1. The molecule has 1 aromatic rings. The van der Waals surface area contributed by atoms with Crippen LogP contribution in [-0.4, -0.2) is 37.0 Å². The maximum absolute atomic E-state index is 12.7. The molecular formula is C17H26N2O. The largest absolute Gasteiger partial charge is 0.337 e. The number of amides is 1. The van der Waals surface area contributed by atoms with Gasteiger partial charge < -0.3 is 10.2 Å². The van der Waals surface area contributed by atoms with E-state index in [-0.39, 0.29) is 5.91 Å². The van der Waals surface area contributed by atoms with E-state index < -0.39 is 0 Å². The molecule has 1 N–H and O–H groups in total. The lowest BCUT2D eigenvalue weighted by Crippen LogP contribution is -2.45. The molecule has 0 fully saturated rings. The summed E-state index contributed by atoms with van der Waals surface area (Å²) in [6.07, 6.45) is 3.19. The molecule has 0 saturated heterocycles. The van der Waals surface area contributed by atoms with E-state index in [1.807, 2.05) is 30.1 Å². The van der Waals surface area contributed by atoms with Crippen molar-refractivity contribution in [2.24, 2.45) is 5.92 Å². The topological polar surface area (TPSA) is 32.3 Å². The smallest absolute Gasteiger partial charge is 0.254 e. The molecule has 0 spiro atoms. The summed E-state index contributed by atoms with van der Waals surface area (Å²) in [5.41, 5.74) is 2.09. The molecular weight excluding hydrogens is 248 g/mol. The number of rotatable bonds is 5. The van der Waals surface area contributed by atoms with Crippen molar-refractivity contribution in [1.29, 1.82) is 0 Å². The molecule has 0 radical (unpaired) electrons. The molecule has 0 bridgehead atoms. The highest BCUT2D eigenvalue weighted by Crippen LogP contribution is 2.20. The Labute approximate surface area is 122 Å². The van der Waals surface area contributed by atoms with Gasteiger partial charge in [0.1, 0.15) is 0 Å². The molecule has 110 valence electrons. The maximum Gasteiger partial charge on any atom is 0.254 e. The first kappa shape index (κ1) is 15.0. The van der Waals surface area contributed by atoms with Gasteiger partial charge in [-0.1, -0.05) is 38.5 Å². The fourth-order valence-corrected chi connectivity index (χ4v) is 2.93. The number of carbonyl (C=O) groups excluding carboxylic acids is 1. The van der Waals surface area contributed by atoms with Crippen LogP contribution in [0.25, 0.3) is 0 Å². The van der Waals surface area contributed by atoms with Crippen LogP contribution in [0.4, 0.5) is 0 Å². The fraction of sp³-hybridized carbons (Fsp3) is 0.588. The molecule has 2 rings (SSSR count). The average molecular weight is 274 g/mol. The number of likely N-dealkylation sites (N-methyl/N-ethyl adjacent to an activating group) is 1. The van der Waals surface area contributed by atoms with E-state index >= 15 is 0 Å². The second-order valence-corrected chi connectivity index (χ2v) is 5.79. The molecule has 2 atom stereocenters. The summed E-state index contributed by atoms with van der Waals surface area (Å²) < 4.78 is 0. The average Bonchev–Trinajstić information content (AvgIpc) is 2.64. The van der Waals surface area contributed by atoms with Crippen LogP contribution in [-0.2, 0) is 6.42 Å². The molecule has 20 heavy (non-hydrogen) atoms. The van der Waals surface area contributed by atoms with Gasteiger partial charge >= 0.3 is 0 Å². The Hall–Kier alpha value is -1.35. The summed E-state index contributed by atoms with van der Waals surface area (Å²) in [6.45, 7) is 6.12. The summed E-state index contributed by atoms with van der Waals surface area (Å²) in [7, 11) is 1.99. The predicted octanol–water partition coefficient (Wildman–Crippen LogP) is 2.71. The van der Waals surface area contributed by atoms with Crippen molar-refractivity contribution in [3.8, 4) is 0 Å². The third kappa shape index (κ3) is 3.21. The molecule has 0 saturated carbocycles. The zero-order valence-electron chi connectivity index (χ0n) is 12.9. The first-order valence-corrected chi connectivity index (χ1v) is 7.71. The number of fused-ring (bicyclic) bond motifs is 1. The van der Waals surface area contributed by atoms with Gasteiger partial charge in [0.2, 0.25) is 0 Å². The number of hydrogen-bond acceptors (Lipinski definition) is 2. The lowest BCUT2D eigenvalue weighted by Gasteiger charge is -2.30. The molecule has 0 aliphatic carbocycles. The molecule has 2 unspecified atom stereocenters. The lowest BCUT2D eigenvalue weighted by molar-refractivity contribution is 0.0732. The van der Waals surface area contributed by atoms with Crippen molar-refractivity contribution in [2.75, 3.05) is 20.1 Å². The van der Waals surface area contributed by atoms with Gasteiger partial charge in [-0.25, -0.2) is 0 Å². The number of nitrogens with zero attached hydrogens (tertiary/aromatic N) is 1. The number of aryl methyl sites for hydroxylation is 1. The minimum atomic E-state index is 0.196. The highest BCUT2D eigenvalue weighted by molar-refractivity contribution is 5.96. The molecule has 3 heteroatoms.